The van der Waals surface area contributed by atoms with Crippen LogP contribution in [0.25, 0.3) is 0 Å². The van der Waals surface area contributed by atoms with Crippen LogP contribution >= 0.6 is 0 Å². The molecular weight excluding hydrogens is 268 g/mol. The summed E-state index contributed by atoms with van der Waals surface area (Å²) in [5.74, 6) is -0.666. The summed E-state index contributed by atoms with van der Waals surface area (Å²) in [5.41, 5.74) is 6.55. The quantitative estimate of drug-likeness (QED) is 0.815. The lowest BCUT2D eigenvalue weighted by atomic mass is 10.1. The molecule has 2 N–H and O–H groups in total. The van der Waals surface area contributed by atoms with Crippen LogP contribution in [0.4, 0.5) is 0 Å². The van der Waals surface area contributed by atoms with Gasteiger partial charge < -0.3 is 5.73 Å². The number of primary amides is 1. The van der Waals surface area contributed by atoms with Crippen LogP contribution in [0.5, 0.6) is 0 Å². The molecule has 0 saturated carbocycles. The van der Waals surface area contributed by atoms with Crippen molar-refractivity contribution in [3.05, 3.63) is 23.3 Å². The van der Waals surface area contributed by atoms with E-state index in [0.29, 0.717) is 25.1 Å². The Morgan fingerprint density at radius 2 is 2.26 bits per heavy atom. The fourth-order valence-electron chi connectivity index (χ4n) is 2.02. The molecule has 0 radical (unpaired) electrons. The number of aromatic nitrogens is 2. The second-order valence-electron chi connectivity index (χ2n) is 4.43. The van der Waals surface area contributed by atoms with Crippen LogP contribution in [0.3, 0.4) is 0 Å². The number of carbonyl (C=O) groups is 1. The van der Waals surface area contributed by atoms with Crippen LogP contribution in [0.15, 0.2) is 6.20 Å². The van der Waals surface area contributed by atoms with Gasteiger partial charge in [0.05, 0.1) is 18.0 Å². The van der Waals surface area contributed by atoms with E-state index in [0.717, 1.165) is 5.56 Å². The van der Waals surface area contributed by atoms with Crippen molar-refractivity contribution in [1.82, 2.24) is 14.3 Å². The molecule has 0 saturated heterocycles. The Hall–Kier alpha value is -1.54. The van der Waals surface area contributed by atoms with E-state index in [1.54, 1.807) is 6.20 Å². The first kappa shape index (κ1) is 13.9. The Morgan fingerprint density at radius 1 is 1.53 bits per heavy atom. The van der Waals surface area contributed by atoms with E-state index in [1.165, 1.54) is 4.31 Å². The highest BCUT2D eigenvalue weighted by Crippen LogP contribution is 2.19. The van der Waals surface area contributed by atoms with Gasteiger partial charge in [0.15, 0.2) is 0 Å². The van der Waals surface area contributed by atoms with Gasteiger partial charge in [0.2, 0.25) is 15.8 Å². The van der Waals surface area contributed by atoms with Gasteiger partial charge in [-0.3, -0.25) is 4.79 Å². The number of carbonyl (C=O) groups excluding carboxylic acids is 1. The molecule has 0 atom stereocenters. The van der Waals surface area contributed by atoms with Crippen molar-refractivity contribution in [2.24, 2.45) is 5.73 Å². The molecule has 2 heterocycles. The van der Waals surface area contributed by atoms with Crippen LogP contribution in [0.1, 0.15) is 35.2 Å². The summed E-state index contributed by atoms with van der Waals surface area (Å²) in [6.45, 7) is 2.43. The highest BCUT2D eigenvalue weighted by molar-refractivity contribution is 7.89. The number of rotatable bonds is 4. The number of amides is 1. The molecule has 0 aliphatic carbocycles. The number of nitrogens with two attached hydrogens (primary N) is 1. The van der Waals surface area contributed by atoms with E-state index in [-0.39, 0.29) is 18.1 Å². The summed E-state index contributed by atoms with van der Waals surface area (Å²) in [4.78, 5) is 18.9. The van der Waals surface area contributed by atoms with Crippen molar-refractivity contribution in [3.63, 3.8) is 0 Å². The van der Waals surface area contributed by atoms with Gasteiger partial charge in [-0.25, -0.2) is 18.4 Å². The molecule has 0 bridgehead atoms. The van der Waals surface area contributed by atoms with Crippen LogP contribution in [-0.4, -0.2) is 40.9 Å². The molecule has 1 amide bonds. The highest BCUT2D eigenvalue weighted by Gasteiger charge is 2.27. The van der Waals surface area contributed by atoms with Gasteiger partial charge in [0.1, 0.15) is 0 Å². The monoisotopic (exact) mass is 284 g/mol. The Morgan fingerprint density at radius 3 is 2.89 bits per heavy atom. The van der Waals surface area contributed by atoms with Crippen molar-refractivity contribution >= 4 is 15.9 Å². The smallest absolute Gasteiger partial charge is 0.286 e. The lowest BCUT2D eigenvalue weighted by Crippen LogP contribution is -2.38. The fourth-order valence-corrected chi connectivity index (χ4v) is 3.48. The average Bonchev–Trinajstić information content (AvgIpc) is 2.37. The van der Waals surface area contributed by atoms with E-state index in [9.17, 15) is 13.2 Å². The van der Waals surface area contributed by atoms with Gasteiger partial charge in [0.25, 0.3) is 5.91 Å². The molecule has 1 aliphatic heterocycles. The first-order valence-electron chi connectivity index (χ1n) is 6.06. The third-order valence-electron chi connectivity index (χ3n) is 2.99. The molecule has 8 heteroatoms. The minimum atomic E-state index is -3.25. The topological polar surface area (TPSA) is 106 Å². The lowest BCUT2D eigenvalue weighted by Gasteiger charge is -2.27. The zero-order valence-electron chi connectivity index (χ0n) is 10.7. The van der Waals surface area contributed by atoms with E-state index in [1.807, 2.05) is 6.92 Å². The van der Waals surface area contributed by atoms with E-state index >= 15 is 0 Å². The van der Waals surface area contributed by atoms with Gasteiger partial charge in [-0.1, -0.05) is 6.92 Å². The number of hydrogen-bond donors (Lipinski definition) is 1. The molecule has 1 aromatic heterocycles. The molecule has 19 heavy (non-hydrogen) atoms. The fraction of sp³-hybridized carbons (Fsp3) is 0.545. The molecule has 0 fully saturated rings. The SMILES string of the molecule is CCCS(=O)(=O)N1CCc2cnc(C(N)=O)nc2C1. The standard InChI is InChI=1S/C11H16N4O3S/c1-2-5-19(17,18)15-4-3-8-6-13-11(10(12)16)14-9(8)7-15/h6H,2-5,7H2,1H3,(H2,12,16). The molecule has 1 aliphatic rings. The first-order valence-corrected chi connectivity index (χ1v) is 7.67. The summed E-state index contributed by atoms with van der Waals surface area (Å²) >= 11 is 0. The van der Waals surface area contributed by atoms with Gasteiger partial charge in [0, 0.05) is 12.7 Å². The summed E-state index contributed by atoms with van der Waals surface area (Å²) in [6, 6.07) is 0. The summed E-state index contributed by atoms with van der Waals surface area (Å²) in [6.07, 6.45) is 2.67. The summed E-state index contributed by atoms with van der Waals surface area (Å²) in [5, 5.41) is 0. The molecule has 7 nitrogen and oxygen atoms in total. The maximum absolute atomic E-state index is 12.0. The van der Waals surface area contributed by atoms with E-state index in [4.69, 9.17) is 5.73 Å². The third-order valence-corrected chi connectivity index (χ3v) is 5.01. The van der Waals surface area contributed by atoms with Crippen LogP contribution in [0, 0.1) is 0 Å². The normalized spacial score (nSPS) is 16.1. The number of fused-ring (bicyclic) bond motifs is 1. The Labute approximate surface area is 111 Å². The van der Waals surface area contributed by atoms with Gasteiger partial charge in [-0.05, 0) is 18.4 Å². The zero-order valence-corrected chi connectivity index (χ0v) is 11.5. The molecule has 2 rings (SSSR count). The van der Waals surface area contributed by atoms with E-state index in [2.05, 4.69) is 9.97 Å². The second kappa shape index (κ2) is 5.22. The molecule has 0 spiro atoms. The second-order valence-corrected chi connectivity index (χ2v) is 6.52. The highest BCUT2D eigenvalue weighted by atomic mass is 32.2. The average molecular weight is 284 g/mol. The maximum Gasteiger partial charge on any atom is 0.286 e. The predicted octanol–water partition coefficient (Wildman–Crippen LogP) is -0.327. The first-order chi connectivity index (χ1) is 8.94. The summed E-state index contributed by atoms with van der Waals surface area (Å²) in [7, 11) is -3.25. The Kier molecular flexibility index (Phi) is 3.81. The number of sulfonamides is 1. The largest absolute Gasteiger partial charge is 0.363 e. The van der Waals surface area contributed by atoms with E-state index < -0.39 is 15.9 Å². The van der Waals surface area contributed by atoms with Crippen molar-refractivity contribution in [3.8, 4) is 0 Å². The maximum atomic E-state index is 12.0. The molecule has 0 aromatic carbocycles. The third kappa shape index (κ3) is 2.90. The molecular formula is C11H16N4O3S. The van der Waals surface area contributed by atoms with Gasteiger partial charge >= 0.3 is 0 Å². The molecule has 104 valence electrons. The predicted molar refractivity (Wildman–Crippen MR) is 68.7 cm³/mol. The van der Waals surface area contributed by atoms with Crippen molar-refractivity contribution in [2.45, 2.75) is 26.3 Å². The minimum absolute atomic E-state index is 0.0755. The molecule has 0 unspecified atom stereocenters. The van der Waals surface area contributed by atoms with Gasteiger partial charge in [-0.2, -0.15) is 4.31 Å². The van der Waals surface area contributed by atoms with Crippen molar-refractivity contribution in [1.29, 1.82) is 0 Å². The van der Waals surface area contributed by atoms with Crippen LogP contribution in [0.2, 0.25) is 0 Å². The minimum Gasteiger partial charge on any atom is -0.363 e. The van der Waals surface area contributed by atoms with Crippen molar-refractivity contribution < 1.29 is 13.2 Å². The summed E-state index contributed by atoms with van der Waals surface area (Å²) < 4.78 is 25.4. The van der Waals surface area contributed by atoms with Crippen molar-refractivity contribution in [2.75, 3.05) is 12.3 Å². The Bertz CT molecular complexity index is 600. The lowest BCUT2D eigenvalue weighted by molar-refractivity contribution is 0.0990. The van der Waals surface area contributed by atoms with Crippen LogP contribution in [-0.2, 0) is 23.0 Å². The van der Waals surface area contributed by atoms with Crippen LogP contribution < -0.4 is 5.73 Å². The van der Waals surface area contributed by atoms with Gasteiger partial charge in [-0.15, -0.1) is 0 Å². The molecule has 1 aromatic rings. The Balaban J connectivity index is 2.28. The number of hydrogen-bond acceptors (Lipinski definition) is 5. The zero-order chi connectivity index (χ0) is 14.0. The number of nitrogens with zero attached hydrogens (tertiary/aromatic N) is 3.